The molecule has 0 aliphatic carbocycles. The van der Waals surface area contributed by atoms with E-state index < -0.39 is 0 Å². The Kier molecular flexibility index (Phi) is 5.38. The van der Waals surface area contributed by atoms with E-state index in [-0.39, 0.29) is 25.1 Å². The van der Waals surface area contributed by atoms with Gasteiger partial charge in [-0.05, 0) is 22.4 Å². The minimum Gasteiger partial charge on any atom is -0.394 e. The number of benzene rings is 2. The predicted molar refractivity (Wildman–Crippen MR) is 85.5 cm³/mol. The highest BCUT2D eigenvalue weighted by Gasteiger charge is 2.21. The van der Waals surface area contributed by atoms with Crippen molar-refractivity contribution in [2.75, 3.05) is 32.8 Å². The van der Waals surface area contributed by atoms with E-state index in [0.29, 0.717) is 0 Å². The highest BCUT2D eigenvalue weighted by atomic mass is 35.5. The maximum Gasteiger partial charge on any atom is 0.0628 e. The molecule has 2 aromatic carbocycles. The zero-order chi connectivity index (χ0) is 13.1. The van der Waals surface area contributed by atoms with Gasteiger partial charge in [-0.25, -0.2) is 0 Å². The monoisotopic (exact) mass is 292 g/mol. The van der Waals surface area contributed by atoms with Gasteiger partial charge in [0.25, 0.3) is 0 Å². The van der Waals surface area contributed by atoms with E-state index in [9.17, 15) is 5.11 Å². The van der Waals surface area contributed by atoms with Crippen LogP contribution in [-0.4, -0.2) is 42.8 Å². The molecule has 0 unspecified atom stereocenters. The van der Waals surface area contributed by atoms with Crippen molar-refractivity contribution in [3.05, 3.63) is 48.0 Å². The summed E-state index contributed by atoms with van der Waals surface area (Å²) in [6.07, 6.45) is 0. The molecule has 0 saturated carbocycles. The molecule has 1 aliphatic heterocycles. The lowest BCUT2D eigenvalue weighted by Crippen LogP contribution is -2.46. The van der Waals surface area contributed by atoms with Gasteiger partial charge in [0.1, 0.15) is 0 Å². The maximum atomic E-state index is 9.74. The van der Waals surface area contributed by atoms with Crippen molar-refractivity contribution in [3.63, 3.8) is 0 Å². The van der Waals surface area contributed by atoms with Crippen molar-refractivity contribution in [1.29, 1.82) is 0 Å². The molecule has 3 rings (SSSR count). The molecular formula is C16H21ClN2O. The van der Waals surface area contributed by atoms with Gasteiger partial charge in [-0.3, -0.25) is 4.90 Å². The van der Waals surface area contributed by atoms with Gasteiger partial charge in [-0.1, -0.05) is 36.4 Å². The second-order valence-corrected chi connectivity index (χ2v) is 5.09. The number of nitrogens with one attached hydrogen (secondary N) is 1. The number of aliphatic hydroxyl groups excluding tert-OH is 1. The summed E-state index contributed by atoms with van der Waals surface area (Å²) in [4.78, 5) is 2.36. The first-order valence-electron chi connectivity index (χ1n) is 6.93. The molecular weight excluding hydrogens is 272 g/mol. The zero-order valence-electron chi connectivity index (χ0n) is 11.5. The molecule has 2 N–H and O–H groups in total. The Morgan fingerprint density at radius 3 is 2.45 bits per heavy atom. The highest BCUT2D eigenvalue weighted by molar-refractivity contribution is 5.85. The van der Waals surface area contributed by atoms with Crippen molar-refractivity contribution in [3.8, 4) is 0 Å². The third-order valence-corrected chi connectivity index (χ3v) is 3.92. The van der Waals surface area contributed by atoms with Crippen LogP contribution in [0, 0.1) is 0 Å². The van der Waals surface area contributed by atoms with E-state index in [1.807, 2.05) is 0 Å². The number of hydrogen-bond donors (Lipinski definition) is 2. The number of fused-ring (bicyclic) bond motifs is 1. The maximum absolute atomic E-state index is 9.74. The molecule has 1 saturated heterocycles. The Bertz CT molecular complexity index is 555. The fraction of sp³-hybridized carbons (Fsp3) is 0.375. The fourth-order valence-electron chi connectivity index (χ4n) is 2.84. The van der Waals surface area contributed by atoms with Crippen LogP contribution in [-0.2, 0) is 0 Å². The summed E-state index contributed by atoms with van der Waals surface area (Å²) in [6.45, 7) is 4.18. The summed E-state index contributed by atoms with van der Waals surface area (Å²) in [5, 5.41) is 15.6. The molecule has 20 heavy (non-hydrogen) atoms. The average Bonchev–Trinajstić information content (AvgIpc) is 2.49. The predicted octanol–water partition coefficient (Wildman–Crippen LogP) is 2.20. The molecule has 108 valence electrons. The molecule has 2 aromatic rings. The minimum absolute atomic E-state index is 0. The van der Waals surface area contributed by atoms with Crippen LogP contribution in [0.15, 0.2) is 42.5 Å². The van der Waals surface area contributed by atoms with Gasteiger partial charge in [0, 0.05) is 26.2 Å². The molecule has 0 aromatic heterocycles. The quantitative estimate of drug-likeness (QED) is 0.910. The Labute approximate surface area is 126 Å². The van der Waals surface area contributed by atoms with Gasteiger partial charge < -0.3 is 10.4 Å². The molecule has 1 aliphatic rings. The normalized spacial score (nSPS) is 17.6. The summed E-state index contributed by atoms with van der Waals surface area (Å²) in [6, 6.07) is 15.0. The van der Waals surface area contributed by atoms with Crippen LogP contribution in [0.4, 0.5) is 0 Å². The lowest BCUT2D eigenvalue weighted by molar-refractivity contribution is 0.111. The third kappa shape index (κ3) is 3.13. The van der Waals surface area contributed by atoms with Crippen LogP contribution in [0.5, 0.6) is 0 Å². The van der Waals surface area contributed by atoms with Crippen molar-refractivity contribution < 1.29 is 5.11 Å². The number of hydrogen-bond acceptors (Lipinski definition) is 3. The number of halogens is 1. The van der Waals surface area contributed by atoms with Gasteiger partial charge >= 0.3 is 0 Å². The van der Waals surface area contributed by atoms with Crippen molar-refractivity contribution >= 4 is 23.2 Å². The van der Waals surface area contributed by atoms with Gasteiger partial charge in [-0.15, -0.1) is 12.4 Å². The van der Waals surface area contributed by atoms with Crippen LogP contribution < -0.4 is 5.32 Å². The van der Waals surface area contributed by atoms with Gasteiger partial charge in [-0.2, -0.15) is 0 Å². The largest absolute Gasteiger partial charge is 0.394 e. The Balaban J connectivity index is 0.00000147. The summed E-state index contributed by atoms with van der Waals surface area (Å²) in [7, 11) is 0. The fourth-order valence-corrected chi connectivity index (χ4v) is 2.84. The van der Waals surface area contributed by atoms with Crippen LogP contribution in [0.1, 0.15) is 11.6 Å². The van der Waals surface area contributed by atoms with E-state index in [2.05, 4.69) is 52.7 Å². The highest BCUT2D eigenvalue weighted by Crippen LogP contribution is 2.24. The second-order valence-electron chi connectivity index (χ2n) is 5.09. The second kappa shape index (κ2) is 7.04. The van der Waals surface area contributed by atoms with Gasteiger partial charge in [0.15, 0.2) is 0 Å². The molecule has 4 heteroatoms. The molecule has 1 heterocycles. The summed E-state index contributed by atoms with van der Waals surface area (Å²) in [5.74, 6) is 0. The Hall–Kier alpha value is -1.13. The van der Waals surface area contributed by atoms with Crippen LogP contribution >= 0.6 is 12.4 Å². The summed E-state index contributed by atoms with van der Waals surface area (Å²) < 4.78 is 0. The standard InChI is InChI=1S/C16H20N2O.ClH/c19-12-16(18-9-7-17-8-10-18)15-6-5-13-3-1-2-4-14(13)11-15;/h1-6,11,16-17,19H,7-10,12H2;1H/t16-;/m1./s1. The molecule has 0 radical (unpaired) electrons. The first-order chi connectivity index (χ1) is 9.38. The van der Waals surface area contributed by atoms with Gasteiger partial charge in [0.2, 0.25) is 0 Å². The molecule has 1 fully saturated rings. The van der Waals surface area contributed by atoms with E-state index in [4.69, 9.17) is 0 Å². The van der Waals surface area contributed by atoms with E-state index in [1.54, 1.807) is 0 Å². The number of rotatable bonds is 3. The molecule has 0 spiro atoms. The first-order valence-corrected chi connectivity index (χ1v) is 6.93. The smallest absolute Gasteiger partial charge is 0.0628 e. The number of piperazine rings is 1. The van der Waals surface area contributed by atoms with Crippen LogP contribution in [0.3, 0.4) is 0 Å². The van der Waals surface area contributed by atoms with E-state index in [1.165, 1.54) is 16.3 Å². The van der Waals surface area contributed by atoms with E-state index in [0.717, 1.165) is 26.2 Å². The first kappa shape index (κ1) is 15.3. The summed E-state index contributed by atoms with van der Waals surface area (Å²) >= 11 is 0. The van der Waals surface area contributed by atoms with Crippen LogP contribution in [0.2, 0.25) is 0 Å². The molecule has 1 atom stereocenters. The lowest BCUT2D eigenvalue weighted by Gasteiger charge is -2.34. The average molecular weight is 293 g/mol. The summed E-state index contributed by atoms with van der Waals surface area (Å²) in [5.41, 5.74) is 1.21. The Morgan fingerprint density at radius 2 is 1.75 bits per heavy atom. The topological polar surface area (TPSA) is 35.5 Å². The van der Waals surface area contributed by atoms with Crippen molar-refractivity contribution in [1.82, 2.24) is 10.2 Å². The third-order valence-electron chi connectivity index (χ3n) is 3.92. The zero-order valence-corrected chi connectivity index (χ0v) is 12.3. The minimum atomic E-state index is 0. The number of nitrogens with zero attached hydrogens (tertiary/aromatic N) is 1. The van der Waals surface area contributed by atoms with Crippen molar-refractivity contribution in [2.45, 2.75) is 6.04 Å². The lowest BCUT2D eigenvalue weighted by atomic mass is 10.0. The molecule has 0 amide bonds. The van der Waals surface area contributed by atoms with E-state index >= 15 is 0 Å². The molecule has 0 bridgehead atoms. The number of aliphatic hydroxyl groups is 1. The van der Waals surface area contributed by atoms with Crippen molar-refractivity contribution in [2.24, 2.45) is 0 Å². The Morgan fingerprint density at radius 1 is 1.05 bits per heavy atom. The van der Waals surface area contributed by atoms with Gasteiger partial charge in [0.05, 0.1) is 12.6 Å². The van der Waals surface area contributed by atoms with Crippen LogP contribution in [0.25, 0.3) is 10.8 Å². The SMILES string of the molecule is Cl.OC[C@H](c1ccc2ccccc2c1)N1CCNCC1. The molecule has 3 nitrogen and oxygen atoms in total.